The minimum atomic E-state index is -3.37. The molecule has 1 unspecified atom stereocenters. The Hall–Kier alpha value is -1.25. The van der Waals surface area contributed by atoms with E-state index in [2.05, 4.69) is 17.6 Å². The second-order valence-electron chi connectivity index (χ2n) is 7.40. The number of hydrogen-bond acceptors (Lipinski definition) is 4. The van der Waals surface area contributed by atoms with Crippen LogP contribution in [0.4, 0.5) is 0 Å². The van der Waals surface area contributed by atoms with Gasteiger partial charge in [-0.2, -0.15) is 16.1 Å². The Balaban J connectivity index is 1.48. The first-order chi connectivity index (χ1) is 13.6. The standard InChI is InChI=1S/C20H32N4O2S2/c1-2-21-20(23-16-18-7-6-14-27-18)22-15-17-10-12-24(13-11-17)28(25,26)19-8-4-3-5-9-19/h3-5,8-9,17-18H,2,6-7,10-16H2,1H3,(H2,21,22,23). The maximum absolute atomic E-state index is 12.7. The van der Waals surface area contributed by atoms with Gasteiger partial charge in [0.2, 0.25) is 10.0 Å². The third kappa shape index (κ3) is 5.87. The van der Waals surface area contributed by atoms with E-state index in [-0.39, 0.29) is 0 Å². The van der Waals surface area contributed by atoms with Crippen LogP contribution in [0.25, 0.3) is 0 Å². The van der Waals surface area contributed by atoms with Gasteiger partial charge >= 0.3 is 0 Å². The van der Waals surface area contributed by atoms with Gasteiger partial charge in [0, 0.05) is 38.0 Å². The van der Waals surface area contributed by atoms with Crippen LogP contribution in [0.2, 0.25) is 0 Å². The Morgan fingerprint density at radius 2 is 1.93 bits per heavy atom. The molecule has 2 saturated heterocycles. The van der Waals surface area contributed by atoms with Gasteiger partial charge in [-0.25, -0.2) is 8.42 Å². The monoisotopic (exact) mass is 424 g/mol. The summed E-state index contributed by atoms with van der Waals surface area (Å²) in [5, 5.41) is 7.48. The summed E-state index contributed by atoms with van der Waals surface area (Å²) < 4.78 is 27.1. The molecule has 8 heteroatoms. The summed E-state index contributed by atoms with van der Waals surface area (Å²) in [6.07, 6.45) is 4.31. The highest BCUT2D eigenvalue weighted by Crippen LogP contribution is 2.25. The van der Waals surface area contributed by atoms with E-state index in [1.165, 1.54) is 18.6 Å². The second-order valence-corrected chi connectivity index (χ2v) is 10.7. The highest BCUT2D eigenvalue weighted by atomic mass is 32.2. The van der Waals surface area contributed by atoms with E-state index < -0.39 is 10.0 Å². The molecule has 28 heavy (non-hydrogen) atoms. The molecule has 3 rings (SSSR count). The van der Waals surface area contributed by atoms with Crippen molar-refractivity contribution in [2.45, 2.75) is 42.8 Å². The van der Waals surface area contributed by atoms with Crippen LogP contribution >= 0.6 is 11.8 Å². The van der Waals surface area contributed by atoms with Gasteiger partial charge in [0.15, 0.2) is 5.96 Å². The van der Waals surface area contributed by atoms with E-state index in [0.29, 0.717) is 29.2 Å². The third-order valence-corrected chi connectivity index (χ3v) is 8.64. The molecule has 2 N–H and O–H groups in total. The molecular weight excluding hydrogens is 392 g/mol. The number of nitrogens with one attached hydrogen (secondary N) is 2. The number of nitrogens with zero attached hydrogens (tertiary/aromatic N) is 2. The lowest BCUT2D eigenvalue weighted by molar-refractivity contribution is 0.278. The van der Waals surface area contributed by atoms with Crippen molar-refractivity contribution < 1.29 is 8.42 Å². The molecule has 0 bridgehead atoms. The predicted molar refractivity (Wildman–Crippen MR) is 117 cm³/mol. The quantitative estimate of drug-likeness (QED) is 0.520. The summed E-state index contributed by atoms with van der Waals surface area (Å²) in [6.45, 7) is 5.77. The normalized spacial score (nSPS) is 22.3. The highest BCUT2D eigenvalue weighted by molar-refractivity contribution is 8.00. The number of sulfonamides is 1. The Bertz CT molecular complexity index is 726. The Labute approximate surface area is 173 Å². The molecule has 2 aliphatic rings. The number of hydrogen-bond donors (Lipinski definition) is 2. The topological polar surface area (TPSA) is 73.8 Å². The van der Waals surface area contributed by atoms with Crippen LogP contribution in [0.3, 0.4) is 0 Å². The molecule has 2 fully saturated rings. The molecule has 1 aromatic rings. The van der Waals surface area contributed by atoms with Crippen molar-refractivity contribution in [2.75, 3.05) is 38.5 Å². The fourth-order valence-corrected chi connectivity index (χ4v) is 6.34. The van der Waals surface area contributed by atoms with Gasteiger partial charge in [0.1, 0.15) is 0 Å². The predicted octanol–water partition coefficient (Wildman–Crippen LogP) is 2.54. The van der Waals surface area contributed by atoms with Gasteiger partial charge in [-0.15, -0.1) is 0 Å². The molecule has 0 amide bonds. The molecule has 156 valence electrons. The molecule has 0 aromatic heterocycles. The van der Waals surface area contributed by atoms with Crippen molar-refractivity contribution in [3.63, 3.8) is 0 Å². The molecule has 0 radical (unpaired) electrons. The van der Waals surface area contributed by atoms with Gasteiger partial charge in [-0.05, 0) is 56.4 Å². The minimum Gasteiger partial charge on any atom is -0.357 e. The van der Waals surface area contributed by atoms with Crippen LogP contribution in [0, 0.1) is 5.92 Å². The number of benzene rings is 1. The zero-order valence-electron chi connectivity index (χ0n) is 16.6. The van der Waals surface area contributed by atoms with Crippen molar-refractivity contribution in [3.05, 3.63) is 30.3 Å². The van der Waals surface area contributed by atoms with Crippen molar-refractivity contribution in [3.8, 4) is 0 Å². The Morgan fingerprint density at radius 3 is 2.57 bits per heavy atom. The van der Waals surface area contributed by atoms with Gasteiger partial charge in [-0.1, -0.05) is 18.2 Å². The summed E-state index contributed by atoms with van der Waals surface area (Å²) in [5.74, 6) is 2.58. The molecule has 2 aliphatic heterocycles. The molecule has 1 aromatic carbocycles. The molecule has 2 heterocycles. The number of guanidine groups is 1. The molecule has 0 aliphatic carbocycles. The van der Waals surface area contributed by atoms with Crippen LogP contribution in [-0.2, 0) is 10.0 Å². The summed E-state index contributed by atoms with van der Waals surface area (Å²) in [7, 11) is -3.37. The van der Waals surface area contributed by atoms with Crippen molar-refractivity contribution in [2.24, 2.45) is 10.9 Å². The van der Waals surface area contributed by atoms with Crippen molar-refractivity contribution in [1.29, 1.82) is 0 Å². The fourth-order valence-electron chi connectivity index (χ4n) is 3.65. The average Bonchev–Trinajstić information content (AvgIpc) is 3.25. The number of thioether (sulfide) groups is 1. The third-order valence-electron chi connectivity index (χ3n) is 5.33. The van der Waals surface area contributed by atoms with E-state index in [4.69, 9.17) is 4.99 Å². The molecule has 1 atom stereocenters. The van der Waals surface area contributed by atoms with Crippen LogP contribution in [0.15, 0.2) is 40.2 Å². The first-order valence-electron chi connectivity index (χ1n) is 10.3. The zero-order chi connectivity index (χ0) is 19.8. The van der Waals surface area contributed by atoms with Crippen LogP contribution < -0.4 is 10.6 Å². The molecule has 6 nitrogen and oxygen atoms in total. The number of aliphatic imine (C=N–C) groups is 1. The van der Waals surface area contributed by atoms with Gasteiger partial charge in [0.25, 0.3) is 0 Å². The maximum atomic E-state index is 12.7. The first-order valence-corrected chi connectivity index (χ1v) is 12.8. The van der Waals surface area contributed by atoms with Crippen LogP contribution in [-0.4, -0.2) is 62.4 Å². The summed E-state index contributed by atoms with van der Waals surface area (Å²) >= 11 is 2.04. The zero-order valence-corrected chi connectivity index (χ0v) is 18.3. The van der Waals surface area contributed by atoms with E-state index in [0.717, 1.165) is 38.4 Å². The number of rotatable bonds is 7. The average molecular weight is 425 g/mol. The Morgan fingerprint density at radius 1 is 1.18 bits per heavy atom. The van der Waals surface area contributed by atoms with Gasteiger partial charge in [0.05, 0.1) is 4.90 Å². The Kier molecular flexibility index (Phi) is 8.05. The van der Waals surface area contributed by atoms with E-state index >= 15 is 0 Å². The molecular formula is C20H32N4O2S2. The summed E-state index contributed by atoms with van der Waals surface area (Å²) in [6, 6.07) is 8.72. The first kappa shape index (κ1) is 21.5. The van der Waals surface area contributed by atoms with Crippen LogP contribution in [0.5, 0.6) is 0 Å². The fraction of sp³-hybridized carbons (Fsp3) is 0.650. The SMILES string of the molecule is CCNC(=NCC1CCN(S(=O)(=O)c2ccccc2)CC1)NCC1CCCS1. The van der Waals surface area contributed by atoms with Crippen molar-refractivity contribution in [1.82, 2.24) is 14.9 Å². The maximum Gasteiger partial charge on any atom is 0.243 e. The second kappa shape index (κ2) is 10.5. The highest BCUT2D eigenvalue weighted by Gasteiger charge is 2.29. The molecule has 0 spiro atoms. The summed E-state index contributed by atoms with van der Waals surface area (Å²) in [5.41, 5.74) is 0. The van der Waals surface area contributed by atoms with Gasteiger partial charge in [-0.3, -0.25) is 4.99 Å². The smallest absolute Gasteiger partial charge is 0.243 e. The number of piperidine rings is 1. The van der Waals surface area contributed by atoms with E-state index in [9.17, 15) is 8.42 Å². The lowest BCUT2D eigenvalue weighted by Gasteiger charge is -2.30. The van der Waals surface area contributed by atoms with E-state index in [1.54, 1.807) is 28.6 Å². The van der Waals surface area contributed by atoms with E-state index in [1.807, 2.05) is 17.8 Å². The largest absolute Gasteiger partial charge is 0.357 e. The van der Waals surface area contributed by atoms with Gasteiger partial charge < -0.3 is 10.6 Å². The van der Waals surface area contributed by atoms with Crippen LogP contribution in [0.1, 0.15) is 32.6 Å². The minimum absolute atomic E-state index is 0.384. The van der Waals surface area contributed by atoms with Crippen molar-refractivity contribution >= 4 is 27.7 Å². The summed E-state index contributed by atoms with van der Waals surface area (Å²) in [4.78, 5) is 5.14. The lowest BCUT2D eigenvalue weighted by atomic mass is 9.98. The molecule has 0 saturated carbocycles. The lowest BCUT2D eigenvalue weighted by Crippen LogP contribution is -2.41.